The van der Waals surface area contributed by atoms with Crippen molar-refractivity contribution >= 4 is 5.91 Å². The van der Waals surface area contributed by atoms with E-state index in [1.54, 1.807) is 29.7 Å². The zero-order valence-corrected chi connectivity index (χ0v) is 15.2. The van der Waals surface area contributed by atoms with E-state index < -0.39 is 0 Å². The second kappa shape index (κ2) is 7.67. The van der Waals surface area contributed by atoms with E-state index in [0.29, 0.717) is 31.8 Å². The van der Waals surface area contributed by atoms with Crippen LogP contribution in [0.3, 0.4) is 0 Å². The highest BCUT2D eigenvalue weighted by Gasteiger charge is 2.27. The lowest BCUT2D eigenvalue weighted by atomic mass is 10.2. The number of pyridine rings is 2. The number of carbonyl (C=O) groups is 1. The van der Waals surface area contributed by atoms with Gasteiger partial charge in [0.1, 0.15) is 0 Å². The van der Waals surface area contributed by atoms with Crippen molar-refractivity contribution in [1.29, 1.82) is 0 Å². The van der Waals surface area contributed by atoms with Crippen LogP contribution < -0.4 is 0 Å². The molecule has 0 N–H and O–H groups in total. The Morgan fingerprint density at radius 3 is 2.89 bits per heavy atom. The Morgan fingerprint density at radius 1 is 1.19 bits per heavy atom. The van der Waals surface area contributed by atoms with Crippen LogP contribution in [0.4, 0.5) is 0 Å². The van der Waals surface area contributed by atoms with Gasteiger partial charge in [-0.25, -0.2) is 0 Å². The summed E-state index contributed by atoms with van der Waals surface area (Å²) in [5.74, 6) is -0.0490. The third-order valence-electron chi connectivity index (χ3n) is 4.61. The van der Waals surface area contributed by atoms with Crippen molar-refractivity contribution < 1.29 is 9.53 Å². The molecule has 3 aromatic rings. The van der Waals surface area contributed by atoms with Gasteiger partial charge in [0.05, 0.1) is 37.1 Å². The highest BCUT2D eigenvalue weighted by Crippen LogP contribution is 2.17. The Morgan fingerprint density at radius 2 is 2.11 bits per heavy atom. The Balaban J connectivity index is 1.53. The molecule has 0 aromatic carbocycles. The molecule has 27 heavy (non-hydrogen) atoms. The van der Waals surface area contributed by atoms with Gasteiger partial charge in [-0.3, -0.25) is 19.4 Å². The lowest BCUT2D eigenvalue weighted by Crippen LogP contribution is -2.37. The third kappa shape index (κ3) is 4.03. The molecular formula is C20H21N5O2. The van der Waals surface area contributed by atoms with Gasteiger partial charge in [-0.05, 0) is 36.8 Å². The van der Waals surface area contributed by atoms with E-state index in [4.69, 9.17) is 4.74 Å². The van der Waals surface area contributed by atoms with Crippen LogP contribution in [0.5, 0.6) is 0 Å². The molecule has 1 atom stereocenters. The topological polar surface area (TPSA) is 73.1 Å². The molecule has 0 spiro atoms. The number of hydrogen-bond donors (Lipinski definition) is 0. The molecule has 7 nitrogen and oxygen atoms in total. The molecule has 0 bridgehead atoms. The average Bonchev–Trinajstić information content (AvgIpc) is 3.05. The number of carbonyl (C=O) groups excluding carboxylic acids is 1. The van der Waals surface area contributed by atoms with Gasteiger partial charge >= 0.3 is 0 Å². The molecule has 0 saturated carbocycles. The van der Waals surface area contributed by atoms with Crippen LogP contribution in [-0.4, -0.2) is 43.2 Å². The van der Waals surface area contributed by atoms with Crippen molar-refractivity contribution in [3.8, 4) is 0 Å². The molecule has 0 radical (unpaired) electrons. The molecule has 138 valence electrons. The van der Waals surface area contributed by atoms with Crippen molar-refractivity contribution in [2.24, 2.45) is 0 Å². The van der Waals surface area contributed by atoms with Crippen molar-refractivity contribution in [3.05, 3.63) is 77.6 Å². The number of aryl methyl sites for hydroxylation is 1. The minimum Gasteiger partial charge on any atom is -0.370 e. The van der Waals surface area contributed by atoms with Crippen LogP contribution in [0.25, 0.3) is 0 Å². The number of amides is 1. The smallest absolute Gasteiger partial charge is 0.255 e. The number of ether oxygens (including phenoxy) is 1. The molecule has 4 heterocycles. The van der Waals surface area contributed by atoms with Gasteiger partial charge in [-0.15, -0.1) is 0 Å². The first-order chi connectivity index (χ1) is 13.2. The summed E-state index contributed by atoms with van der Waals surface area (Å²) in [5, 5.41) is 4.37. The fraction of sp³-hybridized carbons (Fsp3) is 0.300. The first-order valence-corrected chi connectivity index (χ1v) is 8.92. The van der Waals surface area contributed by atoms with Gasteiger partial charge in [0.25, 0.3) is 5.91 Å². The quantitative estimate of drug-likeness (QED) is 0.711. The van der Waals surface area contributed by atoms with Gasteiger partial charge < -0.3 is 9.64 Å². The van der Waals surface area contributed by atoms with E-state index in [-0.39, 0.29) is 12.0 Å². The summed E-state index contributed by atoms with van der Waals surface area (Å²) in [4.78, 5) is 23.2. The predicted octanol–water partition coefficient (Wildman–Crippen LogP) is 2.22. The number of rotatable bonds is 4. The standard InChI is InChI=1S/C20H21N5O2/c1-15-4-5-17(10-22-15)20(26)24-11-18-6-8-23-25(18)13-19(12-24)27-14-16-3-2-7-21-9-16/h2-10,19H,11-14H2,1H3/t19-/m1/s1. The number of fused-ring (bicyclic) bond motifs is 1. The van der Waals surface area contributed by atoms with E-state index in [1.165, 1.54) is 0 Å². The van der Waals surface area contributed by atoms with Crippen molar-refractivity contribution in [1.82, 2.24) is 24.6 Å². The molecular weight excluding hydrogens is 342 g/mol. The molecule has 0 fully saturated rings. The van der Waals surface area contributed by atoms with Gasteiger partial charge in [0.2, 0.25) is 0 Å². The number of aromatic nitrogens is 4. The van der Waals surface area contributed by atoms with Crippen molar-refractivity contribution in [2.75, 3.05) is 6.54 Å². The summed E-state index contributed by atoms with van der Waals surface area (Å²) >= 11 is 0. The normalized spacial score (nSPS) is 16.6. The van der Waals surface area contributed by atoms with Gasteiger partial charge in [0.15, 0.2) is 0 Å². The Labute approximate surface area is 157 Å². The third-order valence-corrected chi connectivity index (χ3v) is 4.61. The van der Waals surface area contributed by atoms with Crippen LogP contribution in [0.2, 0.25) is 0 Å². The van der Waals surface area contributed by atoms with Gasteiger partial charge in [0, 0.05) is 37.0 Å². The Bertz CT molecular complexity index is 908. The lowest BCUT2D eigenvalue weighted by Gasteiger charge is -2.24. The Hall–Kier alpha value is -3.06. The van der Waals surface area contributed by atoms with Crippen molar-refractivity contribution in [2.45, 2.75) is 32.7 Å². The molecule has 3 aromatic heterocycles. The first kappa shape index (κ1) is 17.4. The Kier molecular flexibility index (Phi) is 4.93. The maximum Gasteiger partial charge on any atom is 0.255 e. The molecule has 0 unspecified atom stereocenters. The van der Waals surface area contributed by atoms with E-state index in [2.05, 4.69) is 15.1 Å². The lowest BCUT2D eigenvalue weighted by molar-refractivity contribution is 0.00905. The molecule has 7 heteroatoms. The monoisotopic (exact) mass is 363 g/mol. The van der Waals surface area contributed by atoms with Crippen LogP contribution in [0.1, 0.15) is 27.3 Å². The second-order valence-electron chi connectivity index (χ2n) is 6.67. The van der Waals surface area contributed by atoms with Crippen LogP contribution in [-0.2, 0) is 24.4 Å². The summed E-state index contributed by atoms with van der Waals surface area (Å²) in [6, 6.07) is 9.47. The van der Waals surface area contributed by atoms with E-state index >= 15 is 0 Å². The second-order valence-corrected chi connectivity index (χ2v) is 6.67. The van der Waals surface area contributed by atoms with E-state index in [0.717, 1.165) is 17.0 Å². The van der Waals surface area contributed by atoms with Gasteiger partial charge in [-0.1, -0.05) is 6.07 Å². The van der Waals surface area contributed by atoms with Crippen LogP contribution in [0.15, 0.2) is 55.1 Å². The maximum absolute atomic E-state index is 13.0. The molecule has 1 aliphatic rings. The molecule has 0 saturated heterocycles. The van der Waals surface area contributed by atoms with E-state index in [9.17, 15) is 4.79 Å². The first-order valence-electron chi connectivity index (χ1n) is 8.92. The van der Waals surface area contributed by atoms with Crippen LogP contribution in [0, 0.1) is 6.92 Å². The molecule has 4 rings (SSSR count). The summed E-state index contributed by atoms with van der Waals surface area (Å²) in [5.41, 5.74) is 3.47. The van der Waals surface area contributed by atoms with Crippen LogP contribution >= 0.6 is 0 Å². The zero-order valence-electron chi connectivity index (χ0n) is 15.2. The maximum atomic E-state index is 13.0. The predicted molar refractivity (Wildman–Crippen MR) is 98.8 cm³/mol. The minimum atomic E-state index is -0.159. The van der Waals surface area contributed by atoms with Crippen molar-refractivity contribution in [3.63, 3.8) is 0 Å². The molecule has 1 aliphatic heterocycles. The molecule has 1 amide bonds. The zero-order chi connectivity index (χ0) is 18.6. The van der Waals surface area contributed by atoms with E-state index in [1.807, 2.05) is 41.9 Å². The number of nitrogens with zero attached hydrogens (tertiary/aromatic N) is 5. The number of hydrogen-bond acceptors (Lipinski definition) is 5. The molecule has 0 aliphatic carbocycles. The average molecular weight is 363 g/mol. The SMILES string of the molecule is Cc1ccc(C(=O)N2Cc3ccnn3C[C@H](OCc3cccnc3)C2)cn1. The summed E-state index contributed by atoms with van der Waals surface area (Å²) in [7, 11) is 0. The fourth-order valence-electron chi connectivity index (χ4n) is 3.15. The highest BCUT2D eigenvalue weighted by molar-refractivity contribution is 5.93. The highest BCUT2D eigenvalue weighted by atomic mass is 16.5. The minimum absolute atomic E-state index is 0.0490. The van der Waals surface area contributed by atoms with Gasteiger partial charge in [-0.2, -0.15) is 5.10 Å². The fourth-order valence-corrected chi connectivity index (χ4v) is 3.15. The summed E-state index contributed by atoms with van der Waals surface area (Å²) in [6.45, 7) is 3.96. The summed E-state index contributed by atoms with van der Waals surface area (Å²) < 4.78 is 8.01. The summed E-state index contributed by atoms with van der Waals surface area (Å²) in [6.07, 6.45) is 6.76. The largest absolute Gasteiger partial charge is 0.370 e.